The predicted molar refractivity (Wildman–Crippen MR) is 113 cm³/mol. The van der Waals surface area contributed by atoms with E-state index in [-0.39, 0.29) is 16.2 Å². The van der Waals surface area contributed by atoms with Crippen LogP contribution in [0.4, 0.5) is 0 Å². The Kier molecular flexibility index (Phi) is 6.71. The Morgan fingerprint density at radius 2 is 1.90 bits per heavy atom. The molecule has 1 amide bonds. The molecule has 1 aliphatic rings. The average molecular weight is 452 g/mol. The third kappa shape index (κ3) is 4.96. The molecule has 30 heavy (non-hydrogen) atoms. The van der Waals surface area contributed by atoms with Crippen LogP contribution in [0.2, 0.25) is 5.02 Å². The molecule has 1 aliphatic heterocycles. The lowest BCUT2D eigenvalue weighted by Gasteiger charge is -2.31. The molecule has 0 saturated carbocycles. The minimum atomic E-state index is -3.75. The number of aromatic hydroxyl groups is 1. The number of benzene rings is 1. The molecule has 0 bridgehead atoms. The van der Waals surface area contributed by atoms with Crippen LogP contribution in [0.3, 0.4) is 0 Å². The van der Waals surface area contributed by atoms with E-state index in [0.717, 1.165) is 0 Å². The van der Waals surface area contributed by atoms with Crippen LogP contribution >= 0.6 is 11.6 Å². The summed E-state index contributed by atoms with van der Waals surface area (Å²) < 4.78 is 27.1. The molecule has 1 saturated heterocycles. The Bertz CT molecular complexity index is 1080. The zero-order valence-electron chi connectivity index (χ0n) is 16.5. The normalized spacial score (nSPS) is 16.4. The molecule has 2 aromatic rings. The number of rotatable bonds is 5. The van der Waals surface area contributed by atoms with Crippen LogP contribution in [0.1, 0.15) is 22.8 Å². The predicted octanol–water partition coefficient (Wildman–Crippen LogP) is 1.53. The molecule has 0 atom stereocenters. The number of likely N-dealkylation sites (N-methyl/N-ethyl adjacent to an activating group) is 1. The molecular weight excluding hydrogens is 430 g/mol. The Labute approximate surface area is 180 Å². The number of hydrogen-bond acceptors (Lipinski definition) is 7. The van der Waals surface area contributed by atoms with Crippen molar-refractivity contribution in [1.82, 2.24) is 19.6 Å². The van der Waals surface area contributed by atoms with E-state index in [4.69, 9.17) is 11.6 Å². The Hall–Kier alpha value is -2.53. The minimum absolute atomic E-state index is 0.0307. The number of piperazine rings is 1. The second kappa shape index (κ2) is 9.09. The molecule has 9 nitrogen and oxygen atoms in total. The number of halogens is 1. The molecule has 0 aliphatic carbocycles. The highest BCUT2D eigenvalue weighted by Crippen LogP contribution is 2.22. The molecule has 1 aromatic heterocycles. The van der Waals surface area contributed by atoms with Crippen molar-refractivity contribution in [2.24, 2.45) is 5.10 Å². The number of phenols is 1. The zero-order chi connectivity index (χ0) is 21.9. The summed E-state index contributed by atoms with van der Waals surface area (Å²) in [5.74, 6) is -0.657. The van der Waals surface area contributed by atoms with E-state index in [0.29, 0.717) is 42.5 Å². The van der Waals surface area contributed by atoms with E-state index in [1.165, 1.54) is 41.0 Å². The number of nitrogens with one attached hydrogen (secondary N) is 1. The lowest BCUT2D eigenvalue weighted by atomic mass is 10.1. The van der Waals surface area contributed by atoms with Crippen molar-refractivity contribution in [1.29, 1.82) is 0 Å². The van der Waals surface area contributed by atoms with Crippen molar-refractivity contribution >= 4 is 33.2 Å². The van der Waals surface area contributed by atoms with Gasteiger partial charge in [-0.1, -0.05) is 11.6 Å². The van der Waals surface area contributed by atoms with Gasteiger partial charge in [0, 0.05) is 49.2 Å². The number of amides is 1. The summed E-state index contributed by atoms with van der Waals surface area (Å²) in [5, 5.41) is 14.3. The number of phenolic OH excluding ortho intramolecular Hbond substituents is 1. The van der Waals surface area contributed by atoms with Gasteiger partial charge in [-0.15, -0.1) is 0 Å². The van der Waals surface area contributed by atoms with Crippen molar-refractivity contribution in [2.75, 3.05) is 33.2 Å². The maximum absolute atomic E-state index is 12.9. The molecule has 3 rings (SSSR count). The number of sulfonamides is 1. The van der Waals surface area contributed by atoms with Gasteiger partial charge in [0.25, 0.3) is 5.91 Å². The van der Waals surface area contributed by atoms with Crippen LogP contribution in [-0.2, 0) is 10.0 Å². The first-order chi connectivity index (χ1) is 14.2. The quantitative estimate of drug-likeness (QED) is 0.526. The summed E-state index contributed by atoms with van der Waals surface area (Å²) in [5.41, 5.74) is 3.10. The third-order valence-corrected chi connectivity index (χ3v) is 6.85. The highest BCUT2D eigenvalue weighted by atomic mass is 35.5. The number of nitrogens with zero attached hydrogens (tertiary/aromatic N) is 4. The van der Waals surface area contributed by atoms with E-state index in [9.17, 15) is 18.3 Å². The first kappa shape index (κ1) is 22.2. The van der Waals surface area contributed by atoms with Gasteiger partial charge in [0.1, 0.15) is 10.6 Å². The van der Waals surface area contributed by atoms with Crippen molar-refractivity contribution in [3.63, 3.8) is 0 Å². The number of hydrazone groups is 1. The summed E-state index contributed by atoms with van der Waals surface area (Å²) in [4.78, 5) is 18.4. The van der Waals surface area contributed by atoms with Gasteiger partial charge in [0.2, 0.25) is 10.0 Å². The van der Waals surface area contributed by atoms with Gasteiger partial charge in [0.05, 0.1) is 11.3 Å². The minimum Gasteiger partial charge on any atom is -0.507 e. The van der Waals surface area contributed by atoms with Crippen molar-refractivity contribution in [3.8, 4) is 5.75 Å². The topological polar surface area (TPSA) is 115 Å². The summed E-state index contributed by atoms with van der Waals surface area (Å²) in [6.07, 6.45) is 2.49. The fourth-order valence-electron chi connectivity index (χ4n) is 2.92. The number of pyridine rings is 1. The van der Waals surface area contributed by atoms with Gasteiger partial charge < -0.3 is 10.0 Å². The van der Waals surface area contributed by atoms with Crippen LogP contribution in [0.25, 0.3) is 0 Å². The monoisotopic (exact) mass is 451 g/mol. The van der Waals surface area contributed by atoms with Crippen molar-refractivity contribution < 1.29 is 18.3 Å². The fraction of sp³-hybridized carbons (Fsp3) is 0.316. The van der Waals surface area contributed by atoms with E-state index in [2.05, 4.69) is 15.5 Å². The first-order valence-electron chi connectivity index (χ1n) is 9.16. The Balaban J connectivity index is 1.77. The molecule has 0 radical (unpaired) electrons. The highest BCUT2D eigenvalue weighted by Gasteiger charge is 2.28. The number of carbonyl (C=O) groups is 1. The van der Waals surface area contributed by atoms with Gasteiger partial charge >= 0.3 is 0 Å². The molecule has 0 spiro atoms. The second-order valence-electron chi connectivity index (χ2n) is 6.92. The average Bonchev–Trinajstić information content (AvgIpc) is 2.74. The van der Waals surface area contributed by atoms with Crippen molar-refractivity contribution in [2.45, 2.75) is 11.8 Å². The molecular formula is C19H22ClN5O4S. The summed E-state index contributed by atoms with van der Waals surface area (Å²) in [6, 6.07) is 5.75. The van der Waals surface area contributed by atoms with E-state index in [1.54, 1.807) is 6.92 Å². The fourth-order valence-corrected chi connectivity index (χ4v) is 4.50. The van der Waals surface area contributed by atoms with Gasteiger partial charge in [-0.05, 0) is 38.2 Å². The Morgan fingerprint density at radius 1 is 1.20 bits per heavy atom. The number of aromatic nitrogens is 1. The smallest absolute Gasteiger partial charge is 0.272 e. The van der Waals surface area contributed by atoms with Crippen LogP contribution in [-0.4, -0.2) is 72.6 Å². The van der Waals surface area contributed by atoms with Gasteiger partial charge in [0.15, 0.2) is 0 Å². The third-order valence-electron chi connectivity index (χ3n) is 4.75. The summed E-state index contributed by atoms with van der Waals surface area (Å²) >= 11 is 5.93. The molecule has 160 valence electrons. The maximum atomic E-state index is 12.9. The van der Waals surface area contributed by atoms with Crippen LogP contribution < -0.4 is 5.43 Å². The second-order valence-corrected chi connectivity index (χ2v) is 9.29. The van der Waals surface area contributed by atoms with Gasteiger partial charge in [-0.3, -0.25) is 9.78 Å². The number of hydrogen-bond donors (Lipinski definition) is 2. The van der Waals surface area contributed by atoms with Crippen molar-refractivity contribution in [3.05, 3.63) is 52.8 Å². The van der Waals surface area contributed by atoms with Gasteiger partial charge in [-0.25, -0.2) is 13.8 Å². The lowest BCUT2D eigenvalue weighted by molar-refractivity contribution is 0.0954. The van der Waals surface area contributed by atoms with Gasteiger partial charge in [-0.2, -0.15) is 9.41 Å². The van der Waals surface area contributed by atoms with Crippen LogP contribution in [0.5, 0.6) is 5.75 Å². The lowest BCUT2D eigenvalue weighted by Crippen LogP contribution is -2.47. The number of carbonyl (C=O) groups excluding carboxylic acids is 1. The molecule has 11 heteroatoms. The SMILES string of the molecule is CC(=NNC(=O)c1cncc(S(=O)(=O)N2CCN(C)CC2)c1)c1cc(Cl)ccc1O. The summed E-state index contributed by atoms with van der Waals surface area (Å²) in [7, 11) is -1.81. The van der Waals surface area contributed by atoms with E-state index >= 15 is 0 Å². The van der Waals surface area contributed by atoms with E-state index < -0.39 is 15.9 Å². The largest absolute Gasteiger partial charge is 0.507 e. The molecule has 2 N–H and O–H groups in total. The van der Waals surface area contributed by atoms with Crippen LogP contribution in [0.15, 0.2) is 46.7 Å². The zero-order valence-corrected chi connectivity index (χ0v) is 18.1. The Morgan fingerprint density at radius 3 is 2.60 bits per heavy atom. The molecule has 1 aromatic carbocycles. The maximum Gasteiger partial charge on any atom is 0.272 e. The molecule has 2 heterocycles. The standard InChI is InChI=1S/C19H22ClN5O4S/c1-13(17-10-15(20)3-4-18(17)26)22-23-19(27)14-9-16(12-21-11-14)30(28,29)25-7-5-24(2)6-8-25/h3-4,9-12,26H,5-8H2,1-2H3,(H,23,27). The summed E-state index contributed by atoms with van der Waals surface area (Å²) in [6.45, 7) is 3.62. The van der Waals surface area contributed by atoms with E-state index in [1.807, 2.05) is 11.9 Å². The van der Waals surface area contributed by atoms with Crippen LogP contribution in [0, 0.1) is 0 Å². The first-order valence-corrected chi connectivity index (χ1v) is 11.0. The molecule has 1 fully saturated rings. The highest BCUT2D eigenvalue weighted by molar-refractivity contribution is 7.89. The molecule has 0 unspecified atom stereocenters.